The lowest BCUT2D eigenvalue weighted by Crippen LogP contribution is -2.40. The van der Waals surface area contributed by atoms with Crippen LogP contribution in [0.1, 0.15) is 239 Å². The number of unbranched alkanes of at least 4 members (excludes halogenated alkanes) is 26. The largest absolute Gasteiger partial charge is 0.480 e. The molecule has 0 aromatic rings. The van der Waals surface area contributed by atoms with Gasteiger partial charge in [0.1, 0.15) is 12.1 Å². The molecular formula is C47H88N2O5. The summed E-state index contributed by atoms with van der Waals surface area (Å²) in [6.45, 7) is 4.93. The number of carboxylic acid groups (broad SMARTS) is 1. The molecule has 54 heavy (non-hydrogen) atoms. The summed E-state index contributed by atoms with van der Waals surface area (Å²) in [6.07, 6.45) is 48.2. The summed E-state index contributed by atoms with van der Waals surface area (Å²) >= 11 is 0. The zero-order valence-electron chi connectivity index (χ0n) is 35.6. The second kappa shape index (κ2) is 42.0. The van der Waals surface area contributed by atoms with Gasteiger partial charge in [-0.3, -0.25) is 9.59 Å². The molecule has 0 aromatic carbocycles. The molecule has 0 aromatic heterocycles. The average molecular weight is 761 g/mol. The summed E-state index contributed by atoms with van der Waals surface area (Å²) in [5.74, 6) is -1.32. The van der Waals surface area contributed by atoms with Gasteiger partial charge in [-0.1, -0.05) is 167 Å². The van der Waals surface area contributed by atoms with Crippen LogP contribution in [0.4, 0.5) is 0 Å². The molecule has 0 bridgehead atoms. The van der Waals surface area contributed by atoms with Crippen LogP contribution in [0.25, 0.3) is 0 Å². The van der Waals surface area contributed by atoms with Crippen LogP contribution < -0.4 is 11.1 Å². The maximum absolute atomic E-state index is 12.7. The van der Waals surface area contributed by atoms with Crippen molar-refractivity contribution < 1.29 is 24.2 Å². The third kappa shape index (κ3) is 38.1. The van der Waals surface area contributed by atoms with Crippen LogP contribution in [0.3, 0.4) is 0 Å². The van der Waals surface area contributed by atoms with Gasteiger partial charge in [-0.15, -0.1) is 0 Å². The van der Waals surface area contributed by atoms with Crippen LogP contribution in [-0.4, -0.2) is 41.6 Å². The molecule has 0 heterocycles. The van der Waals surface area contributed by atoms with E-state index >= 15 is 0 Å². The number of carbonyl (C=O) groups is 3. The first-order valence-corrected chi connectivity index (χ1v) is 23.2. The smallest absolute Gasteiger partial charge is 0.326 e. The molecule has 2 unspecified atom stereocenters. The van der Waals surface area contributed by atoms with Crippen molar-refractivity contribution in [1.82, 2.24) is 5.32 Å². The van der Waals surface area contributed by atoms with E-state index in [4.69, 9.17) is 10.5 Å². The Bertz CT molecular complexity index is 905. The van der Waals surface area contributed by atoms with Crippen LogP contribution in [0.15, 0.2) is 24.3 Å². The number of esters is 1. The van der Waals surface area contributed by atoms with Gasteiger partial charge in [-0.2, -0.15) is 0 Å². The second-order valence-electron chi connectivity index (χ2n) is 15.8. The standard InChI is InChI=1S/C47H88N2O5/c1-3-5-7-9-11-13-14-15-16-17-18-19-20-21-22-23-24-25-27-29-35-41-46(51)54-43(37-32-28-26-12-10-8-6-4-2)38-33-30-31-34-40-45(50)49-44(47(52)53)39-36-42-48/h17-18,32,37,43-44H,3-16,19-31,33-36,38-42,48H2,1-2H3,(H,49,50)(H,52,53)/b18-17-,37-32-. The molecule has 0 saturated carbocycles. The molecule has 0 aliphatic rings. The fourth-order valence-corrected chi connectivity index (χ4v) is 6.94. The first-order valence-electron chi connectivity index (χ1n) is 23.2. The molecular weight excluding hydrogens is 673 g/mol. The van der Waals surface area contributed by atoms with Crippen LogP contribution in [0.5, 0.6) is 0 Å². The lowest BCUT2D eigenvalue weighted by Gasteiger charge is -2.15. The van der Waals surface area contributed by atoms with Crippen molar-refractivity contribution in [3.05, 3.63) is 24.3 Å². The maximum Gasteiger partial charge on any atom is 0.326 e. The Kier molecular flexibility index (Phi) is 40.3. The highest BCUT2D eigenvalue weighted by atomic mass is 16.5. The Hall–Kier alpha value is -2.15. The van der Waals surface area contributed by atoms with Crippen molar-refractivity contribution in [2.75, 3.05) is 6.54 Å². The quantitative estimate of drug-likeness (QED) is 0.0324. The topological polar surface area (TPSA) is 119 Å². The number of nitrogens with two attached hydrogens (primary N) is 1. The van der Waals surface area contributed by atoms with Crippen molar-refractivity contribution in [3.63, 3.8) is 0 Å². The normalized spacial score (nSPS) is 12.8. The molecule has 0 fully saturated rings. The molecule has 316 valence electrons. The van der Waals surface area contributed by atoms with Crippen molar-refractivity contribution in [2.24, 2.45) is 5.73 Å². The average Bonchev–Trinajstić information content (AvgIpc) is 3.16. The minimum absolute atomic E-state index is 0.0876. The van der Waals surface area contributed by atoms with Gasteiger partial charge in [-0.05, 0) is 89.7 Å². The van der Waals surface area contributed by atoms with Gasteiger partial charge in [0.05, 0.1) is 0 Å². The lowest BCUT2D eigenvalue weighted by atomic mass is 10.0. The molecule has 0 spiro atoms. The molecule has 0 radical (unpaired) electrons. The van der Waals surface area contributed by atoms with Crippen LogP contribution >= 0.6 is 0 Å². The zero-order valence-corrected chi connectivity index (χ0v) is 35.6. The predicted molar refractivity (Wildman–Crippen MR) is 230 cm³/mol. The van der Waals surface area contributed by atoms with E-state index in [0.29, 0.717) is 38.6 Å². The molecule has 0 aliphatic carbocycles. The number of allylic oxidation sites excluding steroid dienone is 3. The fraction of sp³-hybridized carbons (Fsp3) is 0.851. The van der Waals surface area contributed by atoms with Gasteiger partial charge in [0.2, 0.25) is 5.91 Å². The Balaban J connectivity index is 4.13. The second-order valence-corrected chi connectivity index (χ2v) is 15.8. The Morgan fingerprint density at radius 3 is 1.44 bits per heavy atom. The number of carbonyl (C=O) groups excluding carboxylic acids is 2. The highest BCUT2D eigenvalue weighted by Crippen LogP contribution is 2.16. The highest BCUT2D eigenvalue weighted by Gasteiger charge is 2.19. The first kappa shape index (κ1) is 51.9. The minimum Gasteiger partial charge on any atom is -0.480 e. The van der Waals surface area contributed by atoms with Gasteiger partial charge >= 0.3 is 11.9 Å². The Labute approximate surface area is 333 Å². The summed E-state index contributed by atoms with van der Waals surface area (Å²) < 4.78 is 5.94. The first-order chi connectivity index (χ1) is 26.4. The zero-order chi connectivity index (χ0) is 39.6. The van der Waals surface area contributed by atoms with Gasteiger partial charge in [0.25, 0.3) is 0 Å². The van der Waals surface area contributed by atoms with Crippen LogP contribution in [0, 0.1) is 0 Å². The van der Waals surface area contributed by atoms with E-state index in [2.05, 4.69) is 43.5 Å². The minimum atomic E-state index is -1.01. The summed E-state index contributed by atoms with van der Waals surface area (Å²) in [4.78, 5) is 36.4. The number of hydrogen-bond donors (Lipinski definition) is 3. The SMILES string of the molecule is CCCCCCCC/C=C\C(CCCCCCC(=O)NC(CCCN)C(=O)O)OC(=O)CCCCCCCCCCC/C=C\CCCCCCCCCC. The molecule has 1 amide bonds. The third-order valence-corrected chi connectivity index (χ3v) is 10.5. The van der Waals surface area contributed by atoms with E-state index in [9.17, 15) is 19.5 Å². The molecule has 0 aliphatic heterocycles. The van der Waals surface area contributed by atoms with E-state index in [1.807, 2.05) is 0 Å². The fourth-order valence-electron chi connectivity index (χ4n) is 6.94. The van der Waals surface area contributed by atoms with E-state index in [1.54, 1.807) is 0 Å². The number of amides is 1. The highest BCUT2D eigenvalue weighted by molar-refractivity contribution is 5.83. The molecule has 4 N–H and O–H groups in total. The number of nitrogens with one attached hydrogen (secondary N) is 1. The predicted octanol–water partition coefficient (Wildman–Crippen LogP) is 13.2. The number of ether oxygens (including phenoxy) is 1. The van der Waals surface area contributed by atoms with Crippen molar-refractivity contribution in [3.8, 4) is 0 Å². The van der Waals surface area contributed by atoms with E-state index in [1.165, 1.54) is 148 Å². The van der Waals surface area contributed by atoms with Gasteiger partial charge < -0.3 is 20.9 Å². The molecule has 7 nitrogen and oxygen atoms in total. The van der Waals surface area contributed by atoms with E-state index in [-0.39, 0.29) is 18.0 Å². The van der Waals surface area contributed by atoms with E-state index < -0.39 is 12.0 Å². The molecule has 0 rings (SSSR count). The van der Waals surface area contributed by atoms with Crippen molar-refractivity contribution >= 4 is 17.8 Å². The molecule has 7 heteroatoms. The number of carboxylic acids is 1. The Morgan fingerprint density at radius 1 is 0.537 bits per heavy atom. The maximum atomic E-state index is 12.7. The monoisotopic (exact) mass is 761 g/mol. The summed E-state index contributed by atoms with van der Waals surface area (Å²) in [6, 6.07) is -0.869. The summed E-state index contributed by atoms with van der Waals surface area (Å²) in [7, 11) is 0. The number of rotatable bonds is 42. The van der Waals surface area contributed by atoms with Crippen LogP contribution in [0.2, 0.25) is 0 Å². The van der Waals surface area contributed by atoms with Gasteiger partial charge in [0.15, 0.2) is 0 Å². The third-order valence-electron chi connectivity index (χ3n) is 10.5. The molecule has 0 saturated heterocycles. The van der Waals surface area contributed by atoms with Crippen LogP contribution in [-0.2, 0) is 19.1 Å². The van der Waals surface area contributed by atoms with Crippen molar-refractivity contribution in [1.29, 1.82) is 0 Å². The van der Waals surface area contributed by atoms with Gasteiger partial charge in [0, 0.05) is 12.8 Å². The summed E-state index contributed by atoms with van der Waals surface area (Å²) in [5.41, 5.74) is 5.49. The van der Waals surface area contributed by atoms with Gasteiger partial charge in [-0.25, -0.2) is 4.79 Å². The Morgan fingerprint density at radius 2 is 0.963 bits per heavy atom. The van der Waals surface area contributed by atoms with Crippen molar-refractivity contribution in [2.45, 2.75) is 251 Å². The summed E-state index contributed by atoms with van der Waals surface area (Å²) in [5, 5.41) is 11.9. The number of hydrogen-bond acceptors (Lipinski definition) is 5. The molecule has 2 atom stereocenters. The van der Waals surface area contributed by atoms with E-state index in [0.717, 1.165) is 44.9 Å². The number of aliphatic carboxylic acids is 1. The lowest BCUT2D eigenvalue weighted by molar-refractivity contribution is -0.147.